The van der Waals surface area contributed by atoms with Crippen LogP contribution in [0.2, 0.25) is 0 Å². The number of carboxylic acids is 1. The number of benzene rings is 2. The maximum absolute atomic E-state index is 12.2. The van der Waals surface area contributed by atoms with Crippen LogP contribution >= 0.6 is 11.6 Å². The molecule has 1 aliphatic heterocycles. The first kappa shape index (κ1) is 17.5. The van der Waals surface area contributed by atoms with Crippen LogP contribution in [-0.2, 0) is 14.3 Å². The van der Waals surface area contributed by atoms with Crippen molar-refractivity contribution in [3.8, 4) is 0 Å². The van der Waals surface area contributed by atoms with Gasteiger partial charge in [0.1, 0.15) is 5.70 Å². The molecule has 0 saturated heterocycles. The Morgan fingerprint density at radius 1 is 1.08 bits per heavy atom. The summed E-state index contributed by atoms with van der Waals surface area (Å²) in [5.41, 5.74) is 0.495. The fourth-order valence-electron chi connectivity index (χ4n) is 2.24. The summed E-state index contributed by atoms with van der Waals surface area (Å²) in [4.78, 5) is 34.8. The number of halogens is 1. The lowest BCUT2D eigenvalue weighted by Crippen LogP contribution is -2.24. The van der Waals surface area contributed by atoms with E-state index >= 15 is 0 Å². The van der Waals surface area contributed by atoms with E-state index in [1.165, 1.54) is 18.2 Å². The van der Waals surface area contributed by atoms with Crippen molar-refractivity contribution in [1.29, 1.82) is 0 Å². The van der Waals surface area contributed by atoms with E-state index in [1.807, 2.05) is 0 Å². The molecule has 8 heteroatoms. The Labute approximate surface area is 152 Å². The maximum atomic E-state index is 12.2. The van der Waals surface area contributed by atoms with Crippen LogP contribution in [0.1, 0.15) is 20.7 Å². The molecule has 0 bridgehead atoms. The molecule has 0 unspecified atom stereocenters. The predicted octanol–water partition coefficient (Wildman–Crippen LogP) is 1.65. The number of carbonyl (C=O) groups is 3. The van der Waals surface area contributed by atoms with Crippen LogP contribution in [-0.4, -0.2) is 24.2 Å². The highest BCUT2D eigenvalue weighted by molar-refractivity contribution is 6.42. The maximum Gasteiger partial charge on any atom is 0.355 e. The summed E-state index contributed by atoms with van der Waals surface area (Å²) in [6.07, 6.45) is -1.38. The van der Waals surface area contributed by atoms with E-state index in [0.29, 0.717) is 5.69 Å². The van der Waals surface area contributed by atoms with Crippen molar-refractivity contribution in [2.75, 3.05) is 5.32 Å². The van der Waals surface area contributed by atoms with Crippen LogP contribution in [0.25, 0.3) is 0 Å². The van der Waals surface area contributed by atoms with Crippen molar-refractivity contribution in [2.24, 2.45) is 0 Å². The van der Waals surface area contributed by atoms with E-state index in [0.717, 1.165) is 0 Å². The fourth-order valence-corrected chi connectivity index (χ4v) is 2.42. The van der Waals surface area contributed by atoms with Gasteiger partial charge >= 0.3 is 11.9 Å². The predicted molar refractivity (Wildman–Crippen MR) is 89.0 cm³/mol. The van der Waals surface area contributed by atoms with Crippen LogP contribution in [0.4, 0.5) is 5.69 Å². The Balaban J connectivity index is 1.81. The molecular formula is C18H11ClNO6-. The molecule has 1 aliphatic rings. The summed E-state index contributed by atoms with van der Waals surface area (Å²) < 4.78 is 10.1. The normalized spacial score (nSPS) is 16.2. The van der Waals surface area contributed by atoms with Crippen LogP contribution in [0, 0.1) is 0 Å². The highest BCUT2D eigenvalue weighted by Gasteiger charge is 2.36. The average Bonchev–Trinajstić information content (AvgIpc) is 2.90. The molecule has 132 valence electrons. The van der Waals surface area contributed by atoms with Gasteiger partial charge in [-0.1, -0.05) is 41.9 Å². The monoisotopic (exact) mass is 372 g/mol. The molecule has 0 radical (unpaired) electrons. The molecule has 1 heterocycles. The minimum atomic E-state index is -1.38. The smallest absolute Gasteiger partial charge is 0.355 e. The van der Waals surface area contributed by atoms with E-state index in [2.05, 4.69) is 5.32 Å². The summed E-state index contributed by atoms with van der Waals surface area (Å²) in [5, 5.41) is 13.4. The topological polar surface area (TPSA) is 105 Å². The molecule has 2 aromatic carbocycles. The van der Waals surface area contributed by atoms with E-state index in [-0.39, 0.29) is 21.9 Å². The number of ether oxygens (including phenoxy) is 2. The van der Waals surface area contributed by atoms with Crippen molar-refractivity contribution < 1.29 is 29.0 Å². The zero-order valence-corrected chi connectivity index (χ0v) is 13.9. The van der Waals surface area contributed by atoms with Gasteiger partial charge in [0.05, 0.1) is 11.5 Å². The minimum Gasteiger partial charge on any atom is -0.545 e. The van der Waals surface area contributed by atoms with Crippen LogP contribution in [0.3, 0.4) is 0 Å². The Bertz CT molecular complexity index is 909. The Morgan fingerprint density at radius 3 is 2.46 bits per heavy atom. The van der Waals surface area contributed by atoms with Crippen molar-refractivity contribution in [2.45, 2.75) is 6.29 Å². The molecule has 0 fully saturated rings. The number of nitrogens with one attached hydrogen (secondary N) is 1. The van der Waals surface area contributed by atoms with Crippen molar-refractivity contribution in [3.05, 3.63) is 76.5 Å². The summed E-state index contributed by atoms with van der Waals surface area (Å²) >= 11 is 5.93. The first-order valence-corrected chi connectivity index (χ1v) is 7.78. The molecule has 0 saturated carbocycles. The highest BCUT2D eigenvalue weighted by Crippen LogP contribution is 2.28. The van der Waals surface area contributed by atoms with E-state index in [4.69, 9.17) is 21.1 Å². The van der Waals surface area contributed by atoms with Gasteiger partial charge in [-0.05, 0) is 29.8 Å². The molecular weight excluding hydrogens is 362 g/mol. The number of aromatic carboxylic acids is 1. The Hall–Kier alpha value is -3.32. The van der Waals surface area contributed by atoms with Crippen LogP contribution in [0.15, 0.2) is 65.3 Å². The van der Waals surface area contributed by atoms with E-state index in [9.17, 15) is 19.5 Å². The molecule has 7 nitrogen and oxygen atoms in total. The summed E-state index contributed by atoms with van der Waals surface area (Å²) in [6, 6.07) is 13.8. The molecule has 0 amide bonds. The fraction of sp³-hybridized carbons (Fsp3) is 0.0556. The van der Waals surface area contributed by atoms with Gasteiger partial charge in [0.25, 0.3) is 6.29 Å². The number of hydrogen-bond donors (Lipinski definition) is 1. The second kappa shape index (κ2) is 7.28. The minimum absolute atomic E-state index is 0.00329. The number of hydrogen-bond acceptors (Lipinski definition) is 7. The second-order valence-corrected chi connectivity index (χ2v) is 5.61. The SMILES string of the molecule is O=C1O[C@H](OC(=O)c2ccccc2)C(Nc2cccc(C(=O)[O-])c2)=C1Cl. The van der Waals surface area contributed by atoms with E-state index in [1.54, 1.807) is 36.4 Å². The summed E-state index contributed by atoms with van der Waals surface area (Å²) in [5.74, 6) is -2.94. The lowest BCUT2D eigenvalue weighted by Gasteiger charge is -2.17. The third-order valence-corrected chi connectivity index (χ3v) is 3.82. The largest absolute Gasteiger partial charge is 0.545 e. The Morgan fingerprint density at radius 2 is 1.77 bits per heavy atom. The summed E-state index contributed by atoms with van der Waals surface area (Å²) in [7, 11) is 0. The van der Waals surface area contributed by atoms with Gasteiger partial charge in [0.2, 0.25) is 0 Å². The van der Waals surface area contributed by atoms with Gasteiger partial charge in [0.15, 0.2) is 5.03 Å². The first-order valence-electron chi connectivity index (χ1n) is 7.41. The lowest BCUT2D eigenvalue weighted by atomic mass is 10.2. The van der Waals surface area contributed by atoms with Crippen molar-refractivity contribution in [1.82, 2.24) is 0 Å². The third kappa shape index (κ3) is 3.68. The molecule has 1 N–H and O–H groups in total. The van der Waals surface area contributed by atoms with Gasteiger partial charge in [-0.25, -0.2) is 9.59 Å². The highest BCUT2D eigenvalue weighted by atomic mass is 35.5. The number of cyclic esters (lactones) is 1. The van der Waals surface area contributed by atoms with Crippen LogP contribution < -0.4 is 10.4 Å². The van der Waals surface area contributed by atoms with Gasteiger partial charge < -0.3 is 24.7 Å². The zero-order chi connectivity index (χ0) is 18.7. The third-order valence-electron chi connectivity index (χ3n) is 3.47. The van der Waals surface area contributed by atoms with Crippen molar-refractivity contribution >= 4 is 35.2 Å². The molecule has 26 heavy (non-hydrogen) atoms. The average molecular weight is 373 g/mol. The number of esters is 2. The van der Waals surface area contributed by atoms with E-state index < -0.39 is 24.2 Å². The zero-order valence-electron chi connectivity index (χ0n) is 13.1. The quantitative estimate of drug-likeness (QED) is 0.795. The number of anilines is 1. The molecule has 0 aliphatic carbocycles. The van der Waals surface area contributed by atoms with Gasteiger partial charge in [-0.2, -0.15) is 0 Å². The molecule has 0 spiro atoms. The number of carbonyl (C=O) groups excluding carboxylic acids is 3. The molecule has 0 aromatic heterocycles. The lowest BCUT2D eigenvalue weighted by molar-refractivity contribution is -0.255. The number of rotatable bonds is 5. The van der Waals surface area contributed by atoms with Gasteiger partial charge in [-0.15, -0.1) is 0 Å². The Kier molecular flexibility index (Phi) is 4.90. The second-order valence-electron chi connectivity index (χ2n) is 5.23. The van der Waals surface area contributed by atoms with Gasteiger partial charge in [-0.3, -0.25) is 0 Å². The van der Waals surface area contributed by atoms with Crippen LogP contribution in [0.5, 0.6) is 0 Å². The molecule has 3 rings (SSSR count). The number of carboxylic acid groups (broad SMARTS) is 1. The summed E-state index contributed by atoms with van der Waals surface area (Å²) in [6.45, 7) is 0. The molecule has 1 atom stereocenters. The van der Waals surface area contributed by atoms with Crippen molar-refractivity contribution in [3.63, 3.8) is 0 Å². The molecule has 2 aromatic rings. The van der Waals surface area contributed by atoms with Gasteiger partial charge in [0, 0.05) is 5.69 Å². The standard InChI is InChI=1S/C18H12ClNO6/c19-13-14(20-12-8-4-7-11(9-12)15(21)22)18(26-17(13)24)25-16(23)10-5-2-1-3-6-10/h1-9,18,20H,(H,21,22)/p-1/t18-/m0/s1. The first-order chi connectivity index (χ1) is 12.5.